The molecule has 0 radical (unpaired) electrons. The van der Waals surface area contributed by atoms with Gasteiger partial charge in [0.1, 0.15) is 0 Å². The minimum Gasteiger partial charge on any atom is -0.414 e. The maximum atomic E-state index is 6.44. The Labute approximate surface area is 160 Å². The molecule has 0 saturated carbocycles. The summed E-state index contributed by atoms with van der Waals surface area (Å²) in [5.41, 5.74) is 0.850. The maximum absolute atomic E-state index is 6.44. The molecular weight excluding hydrogens is 320 g/mol. The second-order valence-electron chi connectivity index (χ2n) is 9.07. The first-order valence-electron chi connectivity index (χ1n) is 11.8. The van der Waals surface area contributed by atoms with Crippen molar-refractivity contribution in [2.24, 2.45) is 0 Å². The second kappa shape index (κ2) is 14.3. The zero-order valence-electron chi connectivity index (χ0n) is 18.1. The van der Waals surface area contributed by atoms with Gasteiger partial charge in [0.25, 0.3) is 0 Å². The summed E-state index contributed by atoms with van der Waals surface area (Å²) in [6.45, 7) is 9.55. The Morgan fingerprint density at radius 1 is 0.840 bits per heavy atom. The fourth-order valence-corrected chi connectivity index (χ4v) is 8.06. The van der Waals surface area contributed by atoms with Crippen LogP contribution in [0.25, 0.3) is 0 Å². The first-order chi connectivity index (χ1) is 12.1. The van der Waals surface area contributed by atoms with E-state index < -0.39 is 8.32 Å². The van der Waals surface area contributed by atoms with Crippen molar-refractivity contribution in [3.8, 4) is 0 Å². The highest BCUT2D eigenvalue weighted by molar-refractivity contribution is 6.74. The molecule has 0 aromatic heterocycles. The zero-order valence-corrected chi connectivity index (χ0v) is 19.1. The molecule has 1 rings (SSSR count). The van der Waals surface area contributed by atoms with E-state index in [1.807, 2.05) is 0 Å². The van der Waals surface area contributed by atoms with E-state index in [2.05, 4.69) is 27.3 Å². The van der Waals surface area contributed by atoms with E-state index in [4.69, 9.17) is 4.43 Å². The molecule has 0 aliphatic carbocycles. The Kier molecular flexibility index (Phi) is 13.2. The minimum absolute atomic E-state index is 0.527. The van der Waals surface area contributed by atoms with Crippen LogP contribution in [-0.4, -0.2) is 14.4 Å². The molecule has 1 saturated heterocycles. The van der Waals surface area contributed by atoms with Gasteiger partial charge in [0.05, 0.1) is 0 Å². The van der Waals surface area contributed by atoms with Crippen LogP contribution in [0.4, 0.5) is 0 Å². The monoisotopic (exact) mass is 368 g/mol. The fraction of sp³-hybridized carbons (Fsp3) is 1.00. The van der Waals surface area contributed by atoms with Gasteiger partial charge in [-0.1, -0.05) is 110 Å². The molecule has 0 bridgehead atoms. The summed E-state index contributed by atoms with van der Waals surface area (Å²) >= 11 is 0. The highest BCUT2D eigenvalue weighted by atomic mass is 28.4. The predicted octanol–water partition coefficient (Wildman–Crippen LogP) is 8.63. The standard InChI is InChI=1S/C23H48OSi/c1-5-6-7-8-9-10-11-12-13-14-15-16-17-20-23(3)25(4)21-18-19-22(2)24-25/h22-23H,5-21H2,1-4H3. The molecule has 1 aliphatic rings. The Bertz CT molecular complexity index is 306. The third-order valence-electron chi connectivity index (χ3n) is 6.54. The van der Waals surface area contributed by atoms with Gasteiger partial charge in [-0.3, -0.25) is 0 Å². The largest absolute Gasteiger partial charge is 0.414 e. The van der Waals surface area contributed by atoms with Crippen molar-refractivity contribution in [2.45, 2.75) is 148 Å². The fourth-order valence-electron chi connectivity index (χ4n) is 4.45. The normalized spacial score (nSPS) is 25.2. The second-order valence-corrected chi connectivity index (χ2v) is 13.4. The molecule has 0 aromatic carbocycles. The third kappa shape index (κ3) is 10.8. The lowest BCUT2D eigenvalue weighted by molar-refractivity contribution is 0.170. The Morgan fingerprint density at radius 2 is 1.32 bits per heavy atom. The summed E-state index contributed by atoms with van der Waals surface area (Å²) in [5, 5.41) is 0. The van der Waals surface area contributed by atoms with Crippen molar-refractivity contribution in [3.05, 3.63) is 0 Å². The molecule has 0 N–H and O–H groups in total. The van der Waals surface area contributed by atoms with Gasteiger partial charge >= 0.3 is 0 Å². The van der Waals surface area contributed by atoms with Gasteiger partial charge in [0.2, 0.25) is 0 Å². The molecule has 3 unspecified atom stereocenters. The van der Waals surface area contributed by atoms with Gasteiger partial charge in [-0.2, -0.15) is 0 Å². The lowest BCUT2D eigenvalue weighted by atomic mass is 10.0. The average Bonchev–Trinajstić information content (AvgIpc) is 2.58. The van der Waals surface area contributed by atoms with Crippen LogP contribution in [0.1, 0.15) is 124 Å². The molecule has 2 heteroatoms. The summed E-state index contributed by atoms with van der Waals surface area (Å²) < 4.78 is 6.44. The Morgan fingerprint density at radius 3 is 1.80 bits per heavy atom. The first kappa shape index (κ1) is 23.2. The van der Waals surface area contributed by atoms with Crippen LogP contribution >= 0.6 is 0 Å². The van der Waals surface area contributed by atoms with Gasteiger partial charge in [-0.15, -0.1) is 0 Å². The Balaban J connectivity index is 1.88. The van der Waals surface area contributed by atoms with Gasteiger partial charge < -0.3 is 4.43 Å². The molecule has 25 heavy (non-hydrogen) atoms. The molecule has 0 spiro atoms. The van der Waals surface area contributed by atoms with E-state index in [-0.39, 0.29) is 0 Å². The van der Waals surface area contributed by atoms with Crippen molar-refractivity contribution in [3.63, 3.8) is 0 Å². The lowest BCUT2D eigenvalue weighted by Gasteiger charge is -2.40. The Hall–Kier alpha value is 0.177. The van der Waals surface area contributed by atoms with Crippen molar-refractivity contribution in [1.29, 1.82) is 0 Å². The van der Waals surface area contributed by atoms with Crippen LogP contribution in [0.5, 0.6) is 0 Å². The van der Waals surface area contributed by atoms with E-state index in [1.165, 1.54) is 109 Å². The highest BCUT2D eigenvalue weighted by Gasteiger charge is 2.38. The first-order valence-corrected chi connectivity index (χ1v) is 14.5. The quantitative estimate of drug-likeness (QED) is 0.207. The molecule has 1 heterocycles. The summed E-state index contributed by atoms with van der Waals surface area (Å²) in [7, 11) is -1.41. The predicted molar refractivity (Wildman–Crippen MR) is 116 cm³/mol. The molecule has 1 nitrogen and oxygen atoms in total. The van der Waals surface area contributed by atoms with Gasteiger partial charge in [0.15, 0.2) is 8.32 Å². The van der Waals surface area contributed by atoms with Crippen LogP contribution in [0.2, 0.25) is 18.1 Å². The number of hydrogen-bond acceptors (Lipinski definition) is 1. The van der Waals surface area contributed by atoms with Crippen LogP contribution in [0.15, 0.2) is 0 Å². The topological polar surface area (TPSA) is 9.23 Å². The highest BCUT2D eigenvalue weighted by Crippen LogP contribution is 2.37. The molecule has 0 amide bonds. The number of hydrogen-bond donors (Lipinski definition) is 0. The van der Waals surface area contributed by atoms with Crippen LogP contribution in [-0.2, 0) is 4.43 Å². The smallest absolute Gasteiger partial charge is 0.192 e. The van der Waals surface area contributed by atoms with E-state index in [0.29, 0.717) is 6.10 Å². The number of unbranched alkanes of at least 4 members (excludes halogenated alkanes) is 12. The maximum Gasteiger partial charge on any atom is 0.192 e. The molecule has 150 valence electrons. The average molecular weight is 369 g/mol. The molecule has 1 aliphatic heterocycles. The summed E-state index contributed by atoms with van der Waals surface area (Å²) in [4.78, 5) is 0. The van der Waals surface area contributed by atoms with Gasteiger partial charge in [-0.25, -0.2) is 0 Å². The van der Waals surface area contributed by atoms with Gasteiger partial charge in [-0.05, 0) is 31.5 Å². The van der Waals surface area contributed by atoms with Gasteiger partial charge in [0, 0.05) is 6.10 Å². The van der Waals surface area contributed by atoms with E-state index in [1.54, 1.807) is 0 Å². The third-order valence-corrected chi connectivity index (χ3v) is 11.2. The minimum atomic E-state index is -1.41. The lowest BCUT2D eigenvalue weighted by Crippen LogP contribution is -2.44. The summed E-state index contributed by atoms with van der Waals surface area (Å²) in [6.07, 6.45) is 23.5. The summed E-state index contributed by atoms with van der Waals surface area (Å²) in [6, 6.07) is 1.40. The zero-order chi connectivity index (χ0) is 18.4. The van der Waals surface area contributed by atoms with Crippen LogP contribution < -0.4 is 0 Å². The molecular formula is C23H48OSi. The molecule has 3 atom stereocenters. The van der Waals surface area contributed by atoms with E-state index in [9.17, 15) is 0 Å². The van der Waals surface area contributed by atoms with Crippen molar-refractivity contribution < 1.29 is 4.43 Å². The van der Waals surface area contributed by atoms with Crippen LogP contribution in [0, 0.1) is 0 Å². The van der Waals surface area contributed by atoms with Crippen molar-refractivity contribution in [1.82, 2.24) is 0 Å². The molecule has 0 aromatic rings. The van der Waals surface area contributed by atoms with Crippen LogP contribution in [0.3, 0.4) is 0 Å². The van der Waals surface area contributed by atoms with Crippen molar-refractivity contribution >= 4 is 8.32 Å². The SMILES string of the molecule is CCCCCCCCCCCCCCCC(C)[Si]1(C)CCCC(C)O1. The molecule has 1 fully saturated rings. The summed E-state index contributed by atoms with van der Waals surface area (Å²) in [5.74, 6) is 0. The van der Waals surface area contributed by atoms with E-state index >= 15 is 0 Å². The van der Waals surface area contributed by atoms with E-state index in [0.717, 1.165) is 5.54 Å². The van der Waals surface area contributed by atoms with Crippen molar-refractivity contribution in [2.75, 3.05) is 0 Å². The number of rotatable bonds is 15.